The summed E-state index contributed by atoms with van der Waals surface area (Å²) in [6.45, 7) is 12.7. The van der Waals surface area contributed by atoms with Crippen molar-refractivity contribution < 1.29 is 0 Å². The van der Waals surface area contributed by atoms with Gasteiger partial charge in [-0.1, -0.05) is 26.8 Å². The summed E-state index contributed by atoms with van der Waals surface area (Å²) in [6, 6.07) is 0. The quantitative estimate of drug-likeness (QED) is 0.561. The molecule has 0 saturated heterocycles. The van der Waals surface area contributed by atoms with Gasteiger partial charge in [0.15, 0.2) is 0 Å². The molecule has 0 saturated carbocycles. The molecular formula is C11H24N2. The molecule has 0 atom stereocenters. The van der Waals surface area contributed by atoms with E-state index in [0.717, 1.165) is 19.5 Å². The van der Waals surface area contributed by atoms with E-state index in [1.54, 1.807) is 0 Å². The van der Waals surface area contributed by atoms with Gasteiger partial charge in [-0.05, 0) is 19.8 Å². The van der Waals surface area contributed by atoms with Crippen molar-refractivity contribution in [1.29, 1.82) is 0 Å². The van der Waals surface area contributed by atoms with Gasteiger partial charge in [0.25, 0.3) is 0 Å². The molecule has 0 fully saturated rings. The molecule has 2 heteroatoms. The molecule has 0 aromatic rings. The van der Waals surface area contributed by atoms with E-state index in [2.05, 4.69) is 44.4 Å². The number of hydrazine groups is 1. The number of nitrogens with zero attached hydrogens (tertiary/aromatic N) is 2. The van der Waals surface area contributed by atoms with Crippen molar-refractivity contribution in [3.8, 4) is 0 Å². The van der Waals surface area contributed by atoms with Crippen LogP contribution in [0, 0.1) is 0 Å². The van der Waals surface area contributed by atoms with Gasteiger partial charge in [0, 0.05) is 25.8 Å². The number of unbranched alkanes of at least 4 members (excludes halogenated alkanes) is 1. The van der Waals surface area contributed by atoms with E-state index in [-0.39, 0.29) is 0 Å². The summed E-state index contributed by atoms with van der Waals surface area (Å²) in [5.74, 6) is 0. The molecule has 0 amide bonds. The van der Waals surface area contributed by atoms with Gasteiger partial charge in [0.1, 0.15) is 0 Å². The molecule has 2 nitrogen and oxygen atoms in total. The lowest BCUT2D eigenvalue weighted by molar-refractivity contribution is 0.0378. The molecule has 0 aromatic heterocycles. The molecule has 0 bridgehead atoms. The lowest BCUT2D eigenvalue weighted by atomic mass is 10.3. The molecule has 13 heavy (non-hydrogen) atoms. The Bertz CT molecular complexity index is 143. The Morgan fingerprint density at radius 1 is 1.23 bits per heavy atom. The molecule has 0 N–H and O–H groups in total. The van der Waals surface area contributed by atoms with Crippen LogP contribution >= 0.6 is 0 Å². The maximum atomic E-state index is 4.06. The standard InChI is InChI=1S/C11H24N2/c1-6-9-10-12(5)13(8-3)11(4)7-2/h4,6-10H2,1-3,5H3. The van der Waals surface area contributed by atoms with Crippen molar-refractivity contribution in [3.63, 3.8) is 0 Å². The van der Waals surface area contributed by atoms with E-state index in [0.29, 0.717) is 0 Å². The number of hydrogen-bond donors (Lipinski definition) is 0. The third kappa shape index (κ3) is 4.32. The molecular weight excluding hydrogens is 160 g/mol. The highest BCUT2D eigenvalue weighted by Crippen LogP contribution is 2.08. The van der Waals surface area contributed by atoms with Crippen LogP contribution in [0.1, 0.15) is 40.0 Å². The molecule has 0 unspecified atom stereocenters. The zero-order chi connectivity index (χ0) is 10.3. The molecule has 0 spiro atoms. The normalized spacial score (nSPS) is 10.5. The van der Waals surface area contributed by atoms with Crippen LogP contribution in [0.5, 0.6) is 0 Å². The monoisotopic (exact) mass is 184 g/mol. The Hall–Kier alpha value is -0.500. The summed E-state index contributed by atoms with van der Waals surface area (Å²) in [6.07, 6.45) is 3.54. The first-order valence-corrected chi connectivity index (χ1v) is 5.33. The van der Waals surface area contributed by atoms with Crippen LogP contribution in [0.4, 0.5) is 0 Å². The summed E-state index contributed by atoms with van der Waals surface area (Å²) in [7, 11) is 2.14. The Morgan fingerprint density at radius 2 is 1.85 bits per heavy atom. The first-order valence-electron chi connectivity index (χ1n) is 5.33. The zero-order valence-corrected chi connectivity index (χ0v) is 9.64. The predicted octanol–water partition coefficient (Wildman–Crippen LogP) is 2.88. The van der Waals surface area contributed by atoms with Crippen molar-refractivity contribution in [2.75, 3.05) is 20.1 Å². The second-order valence-electron chi connectivity index (χ2n) is 3.37. The Kier molecular flexibility index (Phi) is 6.69. The molecule has 0 aliphatic rings. The van der Waals surface area contributed by atoms with Gasteiger partial charge in [-0.25, -0.2) is 5.01 Å². The molecule has 0 rings (SSSR count). The highest BCUT2D eigenvalue weighted by atomic mass is 15.6. The van der Waals surface area contributed by atoms with Gasteiger partial charge >= 0.3 is 0 Å². The van der Waals surface area contributed by atoms with E-state index in [1.807, 2.05) is 0 Å². The van der Waals surface area contributed by atoms with Crippen molar-refractivity contribution in [2.24, 2.45) is 0 Å². The number of hydrogen-bond acceptors (Lipinski definition) is 2. The van der Waals surface area contributed by atoms with Crippen LogP contribution in [0.3, 0.4) is 0 Å². The fourth-order valence-corrected chi connectivity index (χ4v) is 1.40. The average Bonchev–Trinajstić information content (AvgIpc) is 2.15. The van der Waals surface area contributed by atoms with Crippen LogP contribution < -0.4 is 0 Å². The molecule has 78 valence electrons. The smallest absolute Gasteiger partial charge is 0.0314 e. The van der Waals surface area contributed by atoms with Crippen LogP contribution in [-0.4, -0.2) is 30.2 Å². The minimum atomic E-state index is 1.02. The highest BCUT2D eigenvalue weighted by molar-refractivity contribution is 4.90. The van der Waals surface area contributed by atoms with Gasteiger partial charge in [0.2, 0.25) is 0 Å². The lowest BCUT2D eigenvalue weighted by Gasteiger charge is -2.34. The SMILES string of the molecule is C=C(CC)N(CC)N(C)CCCC. The van der Waals surface area contributed by atoms with E-state index >= 15 is 0 Å². The highest BCUT2D eigenvalue weighted by Gasteiger charge is 2.08. The zero-order valence-electron chi connectivity index (χ0n) is 9.64. The maximum Gasteiger partial charge on any atom is 0.0314 e. The summed E-state index contributed by atoms with van der Waals surface area (Å²) in [4.78, 5) is 0. The largest absolute Gasteiger partial charge is 0.311 e. The second kappa shape index (κ2) is 6.96. The summed E-state index contributed by atoms with van der Waals surface area (Å²) >= 11 is 0. The van der Waals surface area contributed by atoms with Gasteiger partial charge in [-0.2, -0.15) is 0 Å². The molecule has 0 aliphatic carbocycles. The van der Waals surface area contributed by atoms with Gasteiger partial charge in [-0.3, -0.25) is 0 Å². The van der Waals surface area contributed by atoms with Gasteiger partial charge in [-0.15, -0.1) is 0 Å². The third-order valence-electron chi connectivity index (χ3n) is 2.32. The summed E-state index contributed by atoms with van der Waals surface area (Å²) < 4.78 is 0. The van der Waals surface area contributed by atoms with Crippen LogP contribution in [0.15, 0.2) is 12.3 Å². The van der Waals surface area contributed by atoms with Crippen LogP contribution in [0.25, 0.3) is 0 Å². The maximum absolute atomic E-state index is 4.06. The van der Waals surface area contributed by atoms with Gasteiger partial charge in [0.05, 0.1) is 0 Å². The summed E-state index contributed by atoms with van der Waals surface area (Å²) in [5, 5.41) is 4.53. The number of allylic oxidation sites excluding steroid dienone is 1. The first kappa shape index (κ1) is 12.5. The van der Waals surface area contributed by atoms with E-state index in [1.165, 1.54) is 18.5 Å². The summed E-state index contributed by atoms with van der Waals surface area (Å²) in [5.41, 5.74) is 1.21. The Morgan fingerprint density at radius 3 is 2.23 bits per heavy atom. The number of rotatable bonds is 7. The van der Waals surface area contributed by atoms with Crippen molar-refractivity contribution in [2.45, 2.75) is 40.0 Å². The van der Waals surface area contributed by atoms with Crippen molar-refractivity contribution in [3.05, 3.63) is 12.3 Å². The molecule has 0 aromatic carbocycles. The van der Waals surface area contributed by atoms with Gasteiger partial charge < -0.3 is 5.01 Å². The Balaban J connectivity index is 3.98. The van der Waals surface area contributed by atoms with E-state index in [9.17, 15) is 0 Å². The average molecular weight is 184 g/mol. The predicted molar refractivity (Wildman–Crippen MR) is 59.3 cm³/mol. The first-order chi connectivity index (χ1) is 6.17. The fourth-order valence-electron chi connectivity index (χ4n) is 1.40. The van der Waals surface area contributed by atoms with Crippen LogP contribution in [0.2, 0.25) is 0 Å². The van der Waals surface area contributed by atoms with E-state index in [4.69, 9.17) is 0 Å². The minimum Gasteiger partial charge on any atom is -0.311 e. The third-order valence-corrected chi connectivity index (χ3v) is 2.32. The Labute approximate surface area is 83.2 Å². The molecule has 0 heterocycles. The van der Waals surface area contributed by atoms with Crippen molar-refractivity contribution in [1.82, 2.24) is 10.0 Å². The molecule has 0 radical (unpaired) electrons. The fraction of sp³-hybridized carbons (Fsp3) is 0.818. The lowest BCUT2D eigenvalue weighted by Crippen LogP contribution is -2.39. The minimum absolute atomic E-state index is 1.02. The topological polar surface area (TPSA) is 6.48 Å². The van der Waals surface area contributed by atoms with Crippen molar-refractivity contribution >= 4 is 0 Å². The second-order valence-corrected chi connectivity index (χ2v) is 3.37. The van der Waals surface area contributed by atoms with Crippen LogP contribution in [-0.2, 0) is 0 Å². The van der Waals surface area contributed by atoms with E-state index < -0.39 is 0 Å². The molecule has 0 aliphatic heterocycles.